The number of nitrogen functional groups attached to an aromatic ring is 2. The summed E-state index contributed by atoms with van der Waals surface area (Å²) in [6.07, 6.45) is 3.40. The zero-order chi connectivity index (χ0) is 7.84. The first-order valence-corrected chi connectivity index (χ1v) is 3.26. The first-order chi connectivity index (χ1) is 5.29. The van der Waals surface area contributed by atoms with E-state index in [9.17, 15) is 0 Å². The van der Waals surface area contributed by atoms with Gasteiger partial charge in [0, 0.05) is 6.20 Å². The third-order valence-corrected chi connectivity index (χ3v) is 1.60. The quantitative estimate of drug-likeness (QED) is 0.705. The van der Waals surface area contributed by atoms with E-state index in [-0.39, 0.29) is 24.8 Å². The van der Waals surface area contributed by atoms with Gasteiger partial charge in [0.1, 0.15) is 5.52 Å². The Morgan fingerprint density at radius 2 is 1.85 bits per heavy atom. The maximum absolute atomic E-state index is 5.66. The van der Waals surface area contributed by atoms with Crippen LogP contribution in [0.2, 0.25) is 0 Å². The molecule has 2 rings (SSSR count). The minimum Gasteiger partial charge on any atom is -0.397 e. The number of fused-ring (bicyclic) bond motifs is 1. The molecule has 0 bridgehead atoms. The van der Waals surface area contributed by atoms with Gasteiger partial charge in [-0.15, -0.1) is 24.8 Å². The number of hydrogen-bond donors (Lipinski definition) is 2. The van der Waals surface area contributed by atoms with E-state index in [1.165, 1.54) is 0 Å². The van der Waals surface area contributed by atoms with Crippen LogP contribution >= 0.6 is 24.8 Å². The summed E-state index contributed by atoms with van der Waals surface area (Å²) < 4.78 is 1.66. The van der Waals surface area contributed by atoms with Crippen LogP contribution in [-0.2, 0) is 0 Å². The average molecular weight is 221 g/mol. The van der Waals surface area contributed by atoms with Gasteiger partial charge in [-0.3, -0.25) is 0 Å². The first kappa shape index (κ1) is 11.9. The second kappa shape index (κ2) is 4.20. The Kier molecular flexibility index (Phi) is 3.84. The fraction of sp³-hybridized carbons (Fsp3) is 0. The van der Waals surface area contributed by atoms with E-state index >= 15 is 0 Å². The van der Waals surface area contributed by atoms with Crippen LogP contribution in [0.1, 0.15) is 0 Å². The third-order valence-electron chi connectivity index (χ3n) is 1.60. The summed E-state index contributed by atoms with van der Waals surface area (Å²) >= 11 is 0. The summed E-state index contributed by atoms with van der Waals surface area (Å²) in [5.41, 5.74) is 13.3. The lowest BCUT2D eigenvalue weighted by Gasteiger charge is -1.96. The number of nitrogens with zero attached hydrogens (tertiary/aromatic N) is 2. The number of nitrogens with two attached hydrogens (primary N) is 2. The van der Waals surface area contributed by atoms with Crippen molar-refractivity contribution in [2.45, 2.75) is 0 Å². The molecule has 0 spiro atoms. The Hall–Kier alpha value is -1.13. The number of hydrogen-bond acceptors (Lipinski definition) is 3. The molecule has 4 N–H and O–H groups in total. The topological polar surface area (TPSA) is 69.3 Å². The van der Waals surface area contributed by atoms with Crippen LogP contribution in [0.15, 0.2) is 24.5 Å². The van der Waals surface area contributed by atoms with Crippen molar-refractivity contribution >= 4 is 41.7 Å². The SMILES string of the molecule is Cl.Cl.Nc1cccn2ncc(N)c12. The monoisotopic (exact) mass is 220 g/mol. The summed E-state index contributed by atoms with van der Waals surface area (Å²) in [7, 11) is 0. The standard InChI is InChI=1S/C7H8N4.2ClH/c8-5-2-1-3-11-7(5)6(9)4-10-11;;/h1-4H,8-9H2;2*1H. The molecule has 72 valence electrons. The molecule has 4 nitrogen and oxygen atoms in total. The maximum atomic E-state index is 5.66. The highest BCUT2D eigenvalue weighted by molar-refractivity contribution is 5.85. The molecule has 2 heterocycles. The van der Waals surface area contributed by atoms with Crippen molar-refractivity contribution < 1.29 is 0 Å². The van der Waals surface area contributed by atoms with Crippen molar-refractivity contribution in [2.24, 2.45) is 0 Å². The Bertz CT molecular complexity index is 398. The first-order valence-electron chi connectivity index (χ1n) is 3.26. The summed E-state index contributed by atoms with van der Waals surface area (Å²) in [5, 5.41) is 3.99. The van der Waals surface area contributed by atoms with Crippen LogP contribution in [0, 0.1) is 0 Å². The molecule has 0 amide bonds. The van der Waals surface area contributed by atoms with E-state index in [4.69, 9.17) is 11.5 Å². The number of halogens is 2. The minimum absolute atomic E-state index is 0. The molecule has 0 unspecified atom stereocenters. The van der Waals surface area contributed by atoms with Gasteiger partial charge < -0.3 is 11.5 Å². The predicted molar refractivity (Wildman–Crippen MR) is 58.5 cm³/mol. The van der Waals surface area contributed by atoms with Crippen LogP contribution < -0.4 is 11.5 Å². The second-order valence-corrected chi connectivity index (χ2v) is 2.36. The lowest BCUT2D eigenvalue weighted by Crippen LogP contribution is -1.93. The van der Waals surface area contributed by atoms with Crippen LogP contribution in [0.4, 0.5) is 11.4 Å². The van der Waals surface area contributed by atoms with Gasteiger partial charge in [0.15, 0.2) is 0 Å². The molecule has 0 aliphatic heterocycles. The molecule has 2 aromatic rings. The van der Waals surface area contributed by atoms with Crippen LogP contribution in [0.5, 0.6) is 0 Å². The van der Waals surface area contributed by atoms with Gasteiger partial charge in [-0.25, -0.2) is 4.52 Å². The number of aromatic nitrogens is 2. The van der Waals surface area contributed by atoms with Crippen molar-refractivity contribution in [1.29, 1.82) is 0 Å². The van der Waals surface area contributed by atoms with Crippen LogP contribution in [0.25, 0.3) is 5.52 Å². The zero-order valence-corrected chi connectivity index (χ0v) is 8.31. The fourth-order valence-corrected chi connectivity index (χ4v) is 1.09. The lowest BCUT2D eigenvalue weighted by atomic mass is 10.3. The molecule has 0 aromatic carbocycles. The van der Waals surface area contributed by atoms with Crippen molar-refractivity contribution in [2.75, 3.05) is 11.5 Å². The van der Waals surface area contributed by atoms with Gasteiger partial charge in [0.05, 0.1) is 17.6 Å². The molecule has 2 aromatic heterocycles. The van der Waals surface area contributed by atoms with Crippen molar-refractivity contribution in [3.63, 3.8) is 0 Å². The summed E-state index contributed by atoms with van der Waals surface area (Å²) in [6, 6.07) is 3.63. The third kappa shape index (κ3) is 1.79. The molecule has 0 atom stereocenters. The summed E-state index contributed by atoms with van der Waals surface area (Å²) in [4.78, 5) is 0. The Labute approximate surface area is 87.7 Å². The summed E-state index contributed by atoms with van der Waals surface area (Å²) in [5.74, 6) is 0. The normalized spacial score (nSPS) is 8.92. The van der Waals surface area contributed by atoms with E-state index in [0.29, 0.717) is 11.4 Å². The second-order valence-electron chi connectivity index (χ2n) is 2.36. The van der Waals surface area contributed by atoms with Gasteiger partial charge in [-0.1, -0.05) is 0 Å². The van der Waals surface area contributed by atoms with E-state index < -0.39 is 0 Å². The molecule has 0 aliphatic rings. The van der Waals surface area contributed by atoms with Gasteiger partial charge in [-0.2, -0.15) is 5.10 Å². The van der Waals surface area contributed by atoms with Gasteiger partial charge in [0.25, 0.3) is 0 Å². The van der Waals surface area contributed by atoms with Crippen LogP contribution in [0.3, 0.4) is 0 Å². The lowest BCUT2D eigenvalue weighted by molar-refractivity contribution is 0.962. The molecule has 0 saturated heterocycles. The van der Waals surface area contributed by atoms with E-state index in [1.54, 1.807) is 16.8 Å². The predicted octanol–water partition coefficient (Wildman–Crippen LogP) is 1.34. The molecule has 13 heavy (non-hydrogen) atoms. The van der Waals surface area contributed by atoms with Gasteiger partial charge >= 0.3 is 0 Å². The van der Waals surface area contributed by atoms with Gasteiger partial charge in [0.2, 0.25) is 0 Å². The molecule has 0 radical (unpaired) electrons. The van der Waals surface area contributed by atoms with E-state index in [0.717, 1.165) is 5.52 Å². The van der Waals surface area contributed by atoms with Crippen molar-refractivity contribution in [3.8, 4) is 0 Å². The average Bonchev–Trinajstić information content (AvgIpc) is 2.34. The van der Waals surface area contributed by atoms with Gasteiger partial charge in [-0.05, 0) is 12.1 Å². The Morgan fingerprint density at radius 3 is 2.46 bits per heavy atom. The number of pyridine rings is 1. The van der Waals surface area contributed by atoms with Crippen molar-refractivity contribution in [1.82, 2.24) is 9.61 Å². The molecule has 0 saturated carbocycles. The van der Waals surface area contributed by atoms with Crippen molar-refractivity contribution in [3.05, 3.63) is 24.5 Å². The zero-order valence-electron chi connectivity index (χ0n) is 6.68. The summed E-state index contributed by atoms with van der Waals surface area (Å²) in [6.45, 7) is 0. The van der Waals surface area contributed by atoms with E-state index in [1.807, 2.05) is 12.3 Å². The molecular weight excluding hydrogens is 211 g/mol. The fourth-order valence-electron chi connectivity index (χ4n) is 1.09. The Morgan fingerprint density at radius 1 is 1.15 bits per heavy atom. The largest absolute Gasteiger partial charge is 0.397 e. The highest BCUT2D eigenvalue weighted by Gasteiger charge is 2.01. The number of anilines is 2. The molecular formula is C7H10Cl2N4. The molecule has 0 aliphatic carbocycles. The van der Waals surface area contributed by atoms with E-state index in [2.05, 4.69) is 5.10 Å². The minimum atomic E-state index is 0. The highest BCUT2D eigenvalue weighted by Crippen LogP contribution is 2.18. The van der Waals surface area contributed by atoms with Crippen LogP contribution in [-0.4, -0.2) is 9.61 Å². The Balaban J connectivity index is 0.000000720. The molecule has 6 heteroatoms. The number of rotatable bonds is 0. The smallest absolute Gasteiger partial charge is 0.112 e. The maximum Gasteiger partial charge on any atom is 0.112 e. The molecule has 0 fully saturated rings. The highest BCUT2D eigenvalue weighted by atomic mass is 35.5.